The molecule has 0 bridgehead atoms. The number of carbonyl (C=O) groups is 3. The number of aryl methyl sites for hydroxylation is 1. The number of nitrogens with zero attached hydrogens (tertiary/aromatic N) is 2. The molecule has 1 aliphatic heterocycles. The fourth-order valence-electron chi connectivity index (χ4n) is 4.23. The lowest BCUT2D eigenvalue weighted by Gasteiger charge is -2.19. The standard InChI is InChI=1S/C22H31N3O3/c1-24(2)17-11-9-16(10-12-17)6-5-14-23-20(26)13-15-25-21(27)18-7-3-4-8-19(18)22(25)28/h9-12,18-19H,3-8,13-15H2,1-2H3,(H,23,26). The lowest BCUT2D eigenvalue weighted by atomic mass is 9.81. The van der Waals surface area contributed by atoms with Crippen LogP contribution in [0.4, 0.5) is 5.69 Å². The number of nitrogens with one attached hydrogen (secondary N) is 1. The van der Waals surface area contributed by atoms with Gasteiger partial charge >= 0.3 is 0 Å². The first-order valence-electron chi connectivity index (χ1n) is 10.4. The van der Waals surface area contributed by atoms with Crippen LogP contribution in [0.2, 0.25) is 0 Å². The van der Waals surface area contributed by atoms with Crippen LogP contribution in [-0.4, -0.2) is 49.8 Å². The Morgan fingerprint density at radius 2 is 1.68 bits per heavy atom. The van der Waals surface area contributed by atoms with E-state index >= 15 is 0 Å². The number of imide groups is 1. The number of anilines is 1. The highest BCUT2D eigenvalue weighted by atomic mass is 16.2. The van der Waals surface area contributed by atoms with Crippen molar-refractivity contribution in [3.05, 3.63) is 29.8 Å². The maximum atomic E-state index is 12.4. The Morgan fingerprint density at radius 3 is 2.25 bits per heavy atom. The zero-order chi connectivity index (χ0) is 20.1. The average molecular weight is 386 g/mol. The number of hydrogen-bond acceptors (Lipinski definition) is 4. The van der Waals surface area contributed by atoms with Gasteiger partial charge in [-0.3, -0.25) is 19.3 Å². The van der Waals surface area contributed by atoms with Gasteiger partial charge in [0.1, 0.15) is 0 Å². The van der Waals surface area contributed by atoms with Crippen molar-refractivity contribution in [2.24, 2.45) is 11.8 Å². The third kappa shape index (κ3) is 4.72. The third-order valence-electron chi connectivity index (χ3n) is 5.91. The maximum absolute atomic E-state index is 12.4. The molecule has 28 heavy (non-hydrogen) atoms. The van der Waals surface area contributed by atoms with Crippen LogP contribution in [0.25, 0.3) is 0 Å². The van der Waals surface area contributed by atoms with Gasteiger partial charge in [0.25, 0.3) is 0 Å². The van der Waals surface area contributed by atoms with Gasteiger partial charge in [0.2, 0.25) is 17.7 Å². The molecule has 0 aromatic heterocycles. The largest absolute Gasteiger partial charge is 0.378 e. The minimum atomic E-state index is -0.136. The summed E-state index contributed by atoms with van der Waals surface area (Å²) in [6.07, 6.45) is 5.62. The van der Waals surface area contributed by atoms with Crippen molar-refractivity contribution in [2.45, 2.75) is 44.9 Å². The van der Waals surface area contributed by atoms with E-state index in [0.717, 1.165) is 38.5 Å². The second kappa shape index (κ2) is 9.22. The van der Waals surface area contributed by atoms with E-state index in [1.807, 2.05) is 14.1 Å². The zero-order valence-electron chi connectivity index (χ0n) is 16.9. The van der Waals surface area contributed by atoms with Gasteiger partial charge in [-0.1, -0.05) is 25.0 Å². The number of fused-ring (bicyclic) bond motifs is 1. The van der Waals surface area contributed by atoms with Gasteiger partial charge in [-0.05, 0) is 43.4 Å². The number of rotatable bonds is 8. The number of hydrogen-bond donors (Lipinski definition) is 1. The summed E-state index contributed by atoms with van der Waals surface area (Å²) in [7, 11) is 4.03. The fraction of sp³-hybridized carbons (Fsp3) is 0.591. The van der Waals surface area contributed by atoms with Crippen molar-refractivity contribution in [3.63, 3.8) is 0 Å². The molecular formula is C22H31N3O3. The van der Waals surface area contributed by atoms with Crippen LogP contribution in [0.15, 0.2) is 24.3 Å². The predicted octanol–water partition coefficient (Wildman–Crippen LogP) is 2.37. The lowest BCUT2D eigenvalue weighted by Crippen LogP contribution is -2.35. The van der Waals surface area contributed by atoms with Crippen molar-refractivity contribution < 1.29 is 14.4 Å². The van der Waals surface area contributed by atoms with Gasteiger partial charge in [-0.25, -0.2) is 0 Å². The topological polar surface area (TPSA) is 69.7 Å². The van der Waals surface area contributed by atoms with Crippen molar-refractivity contribution in [3.8, 4) is 0 Å². The Kier molecular flexibility index (Phi) is 6.70. The molecule has 2 atom stereocenters. The van der Waals surface area contributed by atoms with E-state index in [0.29, 0.717) is 6.54 Å². The number of benzene rings is 1. The van der Waals surface area contributed by atoms with Crippen LogP contribution < -0.4 is 10.2 Å². The van der Waals surface area contributed by atoms with Crippen LogP contribution in [0, 0.1) is 11.8 Å². The molecule has 2 unspecified atom stereocenters. The normalized spacial score (nSPS) is 21.6. The summed E-state index contributed by atoms with van der Waals surface area (Å²) in [6.45, 7) is 0.809. The second-order valence-corrected chi connectivity index (χ2v) is 8.09. The summed E-state index contributed by atoms with van der Waals surface area (Å²) in [6, 6.07) is 8.41. The van der Waals surface area contributed by atoms with E-state index in [9.17, 15) is 14.4 Å². The average Bonchev–Trinajstić information content (AvgIpc) is 2.94. The third-order valence-corrected chi connectivity index (χ3v) is 5.91. The molecule has 6 heteroatoms. The Bertz CT molecular complexity index is 690. The monoisotopic (exact) mass is 385 g/mol. The maximum Gasteiger partial charge on any atom is 0.233 e. The van der Waals surface area contributed by atoms with Crippen molar-refractivity contribution in [1.29, 1.82) is 0 Å². The van der Waals surface area contributed by atoms with Crippen LogP contribution in [0.3, 0.4) is 0 Å². The van der Waals surface area contributed by atoms with Gasteiger partial charge in [0.15, 0.2) is 0 Å². The summed E-state index contributed by atoms with van der Waals surface area (Å²) in [4.78, 5) is 40.3. The van der Waals surface area contributed by atoms with Crippen molar-refractivity contribution in [1.82, 2.24) is 10.2 Å². The van der Waals surface area contributed by atoms with E-state index in [1.165, 1.54) is 16.2 Å². The van der Waals surface area contributed by atoms with Gasteiger partial charge in [-0.2, -0.15) is 0 Å². The van der Waals surface area contributed by atoms with Gasteiger partial charge in [-0.15, -0.1) is 0 Å². The number of carbonyl (C=O) groups excluding carboxylic acids is 3. The molecule has 3 rings (SSSR count). The predicted molar refractivity (Wildman–Crippen MR) is 109 cm³/mol. The molecule has 0 spiro atoms. The Balaban J connectivity index is 1.35. The Hall–Kier alpha value is -2.37. The van der Waals surface area contributed by atoms with Crippen LogP contribution in [-0.2, 0) is 20.8 Å². The summed E-state index contributed by atoms with van der Waals surface area (Å²) in [5, 5.41) is 2.90. The van der Waals surface area contributed by atoms with Crippen molar-refractivity contribution >= 4 is 23.4 Å². The molecule has 6 nitrogen and oxygen atoms in total. The van der Waals surface area contributed by atoms with Crippen LogP contribution in [0.5, 0.6) is 0 Å². The molecule has 1 saturated carbocycles. The van der Waals surface area contributed by atoms with E-state index in [1.54, 1.807) is 0 Å². The quantitative estimate of drug-likeness (QED) is 0.551. The van der Waals surface area contributed by atoms with Gasteiger partial charge < -0.3 is 10.2 Å². The van der Waals surface area contributed by atoms with Gasteiger partial charge in [0.05, 0.1) is 11.8 Å². The Morgan fingerprint density at radius 1 is 1.07 bits per heavy atom. The first kappa shape index (κ1) is 20.4. The molecule has 3 amide bonds. The molecule has 1 heterocycles. The molecule has 0 radical (unpaired) electrons. The summed E-state index contributed by atoms with van der Waals surface area (Å²) >= 11 is 0. The first-order valence-corrected chi connectivity index (χ1v) is 10.4. The molecule has 1 aromatic carbocycles. The molecule has 1 aromatic rings. The second-order valence-electron chi connectivity index (χ2n) is 8.09. The highest BCUT2D eigenvalue weighted by molar-refractivity contribution is 6.05. The molecule has 2 fully saturated rings. The first-order chi connectivity index (χ1) is 13.5. The lowest BCUT2D eigenvalue weighted by molar-refractivity contribution is -0.140. The summed E-state index contributed by atoms with van der Waals surface area (Å²) < 4.78 is 0. The molecule has 1 N–H and O–H groups in total. The van der Waals surface area contributed by atoms with Crippen molar-refractivity contribution in [2.75, 3.05) is 32.1 Å². The minimum Gasteiger partial charge on any atom is -0.378 e. The van der Waals surface area contributed by atoms with Crippen LogP contribution >= 0.6 is 0 Å². The minimum absolute atomic E-state index is 0.0660. The van der Waals surface area contributed by atoms with Gasteiger partial charge in [0, 0.05) is 39.3 Å². The molecule has 1 aliphatic carbocycles. The number of amides is 3. The molecule has 152 valence electrons. The zero-order valence-corrected chi connectivity index (χ0v) is 16.9. The van der Waals surface area contributed by atoms with E-state index in [-0.39, 0.29) is 42.5 Å². The summed E-state index contributed by atoms with van der Waals surface area (Å²) in [5.41, 5.74) is 2.42. The van der Waals surface area contributed by atoms with Crippen LogP contribution in [0.1, 0.15) is 44.1 Å². The fourth-order valence-corrected chi connectivity index (χ4v) is 4.23. The highest BCUT2D eigenvalue weighted by Gasteiger charge is 2.47. The Labute approximate surface area is 167 Å². The molecule has 1 saturated heterocycles. The molecule has 2 aliphatic rings. The molecular weight excluding hydrogens is 354 g/mol. The number of likely N-dealkylation sites (tertiary alicyclic amines) is 1. The SMILES string of the molecule is CN(C)c1ccc(CCCNC(=O)CCN2C(=O)C3CCCCC3C2=O)cc1. The van der Waals surface area contributed by atoms with E-state index < -0.39 is 0 Å². The summed E-state index contributed by atoms with van der Waals surface area (Å²) in [5.74, 6) is -0.503. The van der Waals surface area contributed by atoms with E-state index in [2.05, 4.69) is 34.5 Å². The highest BCUT2D eigenvalue weighted by Crippen LogP contribution is 2.37. The smallest absolute Gasteiger partial charge is 0.233 e. The van der Waals surface area contributed by atoms with E-state index in [4.69, 9.17) is 0 Å².